The van der Waals surface area contributed by atoms with Crippen molar-refractivity contribution in [2.24, 2.45) is 0 Å². The zero-order valence-corrected chi connectivity index (χ0v) is 23.6. The minimum absolute atomic E-state index is 0. The fraction of sp³-hybridized carbons (Fsp3) is 0.312. The van der Waals surface area contributed by atoms with Gasteiger partial charge in [-0.2, -0.15) is 0 Å². The lowest BCUT2D eigenvalue weighted by Gasteiger charge is -2.10. The van der Waals surface area contributed by atoms with E-state index in [1.54, 1.807) is 0 Å². The maximum Gasteiger partial charge on any atom is 0.0833 e. The zero-order valence-electron chi connectivity index (χ0n) is 22.0. The average Bonchev–Trinajstić information content (AvgIpc) is 3.55. The van der Waals surface area contributed by atoms with E-state index < -0.39 is 0 Å². The van der Waals surface area contributed by atoms with Gasteiger partial charge in [0.05, 0.1) is 25.4 Å². The van der Waals surface area contributed by atoms with Gasteiger partial charge in [-0.15, -0.1) is 24.8 Å². The first-order valence-corrected chi connectivity index (χ1v) is 13.1. The highest BCUT2D eigenvalue weighted by Gasteiger charge is 2.25. The van der Waals surface area contributed by atoms with Crippen LogP contribution in [-0.2, 0) is 22.7 Å². The van der Waals surface area contributed by atoms with Crippen LogP contribution in [0.2, 0.25) is 0 Å². The number of fused-ring (bicyclic) bond motifs is 2. The van der Waals surface area contributed by atoms with Crippen molar-refractivity contribution in [3.05, 3.63) is 108 Å². The molecule has 2 aliphatic heterocycles. The van der Waals surface area contributed by atoms with E-state index in [0.717, 1.165) is 38.9 Å². The van der Waals surface area contributed by atoms with Gasteiger partial charge in [-0.1, -0.05) is 75.2 Å². The molecule has 0 N–H and O–H groups in total. The largest absolute Gasteiger partial charge is 0.369 e. The second kappa shape index (κ2) is 14.4. The summed E-state index contributed by atoms with van der Waals surface area (Å²) in [5.74, 6) is 0. The molecule has 2 atom stereocenters. The van der Waals surface area contributed by atoms with E-state index in [-0.39, 0.29) is 37.0 Å². The lowest BCUT2D eigenvalue weighted by Crippen LogP contribution is -1.94. The molecule has 0 unspecified atom stereocenters. The van der Waals surface area contributed by atoms with Crippen molar-refractivity contribution in [2.75, 3.05) is 0 Å². The van der Waals surface area contributed by atoms with Crippen LogP contribution >= 0.6 is 24.8 Å². The van der Waals surface area contributed by atoms with Crippen molar-refractivity contribution >= 4 is 24.8 Å². The Labute approximate surface area is 238 Å². The Balaban J connectivity index is 0.000000200. The normalized spacial score (nSPS) is 16.8. The second-order valence-electron chi connectivity index (χ2n) is 9.41. The molecule has 200 valence electrons. The molecule has 2 aromatic heterocycles. The number of benzene rings is 2. The van der Waals surface area contributed by atoms with Gasteiger partial charge in [0.1, 0.15) is 0 Å². The van der Waals surface area contributed by atoms with Gasteiger partial charge in [-0.25, -0.2) is 0 Å². The van der Waals surface area contributed by atoms with Gasteiger partial charge in [0, 0.05) is 35.9 Å². The van der Waals surface area contributed by atoms with Crippen LogP contribution in [0.1, 0.15) is 74.0 Å². The third-order valence-corrected chi connectivity index (χ3v) is 7.02. The molecule has 0 saturated carbocycles. The number of rotatable bonds is 6. The molecule has 2 aliphatic rings. The Kier molecular flexibility index (Phi) is 11.3. The molecule has 0 radical (unpaired) electrons. The predicted molar refractivity (Wildman–Crippen MR) is 159 cm³/mol. The molecular weight excluding hydrogens is 515 g/mol. The summed E-state index contributed by atoms with van der Waals surface area (Å²) in [6, 6.07) is 21.1. The molecule has 0 bridgehead atoms. The summed E-state index contributed by atoms with van der Waals surface area (Å²) in [4.78, 5) is 8.40. The van der Waals surface area contributed by atoms with Crippen molar-refractivity contribution in [3.63, 3.8) is 0 Å². The van der Waals surface area contributed by atoms with E-state index >= 15 is 0 Å². The minimum Gasteiger partial charge on any atom is -0.369 e. The van der Waals surface area contributed by atoms with Crippen LogP contribution in [-0.4, -0.2) is 9.97 Å². The first-order chi connectivity index (χ1) is 17.8. The SMILES string of the molecule is CCC[C@@H]1OCc2c(-c3cccnc3)cccc21.CCC[C@H]1OCc2c(-c3cccnc3)cccc21.Cl.Cl. The number of nitrogens with zero attached hydrogens (tertiary/aromatic N) is 2. The zero-order chi connectivity index (χ0) is 24.7. The summed E-state index contributed by atoms with van der Waals surface area (Å²) in [6.07, 6.45) is 12.5. The highest BCUT2D eigenvalue weighted by atomic mass is 35.5. The van der Waals surface area contributed by atoms with Gasteiger partial charge in [-0.3, -0.25) is 9.97 Å². The fourth-order valence-electron chi connectivity index (χ4n) is 5.27. The third kappa shape index (κ3) is 6.44. The summed E-state index contributed by atoms with van der Waals surface area (Å²) < 4.78 is 11.8. The van der Waals surface area contributed by atoms with Gasteiger partial charge >= 0.3 is 0 Å². The van der Waals surface area contributed by atoms with E-state index in [2.05, 4.69) is 72.3 Å². The Bertz CT molecular complexity index is 1180. The summed E-state index contributed by atoms with van der Waals surface area (Å²) in [7, 11) is 0. The first kappa shape index (κ1) is 29.8. The number of hydrogen-bond donors (Lipinski definition) is 0. The summed E-state index contributed by atoms with van der Waals surface area (Å²) in [6.45, 7) is 5.86. The number of halogens is 2. The Morgan fingerprint density at radius 1 is 0.632 bits per heavy atom. The molecular formula is C32H36Cl2N2O2. The van der Waals surface area contributed by atoms with E-state index in [4.69, 9.17) is 9.47 Å². The molecule has 0 aliphatic carbocycles. The smallest absolute Gasteiger partial charge is 0.0833 e. The first-order valence-electron chi connectivity index (χ1n) is 13.1. The third-order valence-electron chi connectivity index (χ3n) is 7.02. The molecule has 0 fully saturated rings. The molecule has 6 rings (SSSR count). The number of pyridine rings is 2. The molecule has 38 heavy (non-hydrogen) atoms. The fourth-order valence-corrected chi connectivity index (χ4v) is 5.27. The van der Waals surface area contributed by atoms with Crippen LogP contribution in [0.4, 0.5) is 0 Å². The van der Waals surface area contributed by atoms with Gasteiger partial charge < -0.3 is 9.47 Å². The van der Waals surface area contributed by atoms with Crippen molar-refractivity contribution in [2.45, 2.75) is 65.0 Å². The Hall–Kier alpha value is -2.76. The molecule has 0 spiro atoms. The van der Waals surface area contributed by atoms with Crippen molar-refractivity contribution < 1.29 is 9.47 Å². The summed E-state index contributed by atoms with van der Waals surface area (Å²) in [5, 5.41) is 0. The molecule has 6 heteroatoms. The van der Waals surface area contributed by atoms with Crippen LogP contribution in [0.15, 0.2) is 85.5 Å². The van der Waals surface area contributed by atoms with Gasteiger partial charge in [0.15, 0.2) is 0 Å². The van der Waals surface area contributed by atoms with Gasteiger partial charge in [0.25, 0.3) is 0 Å². The molecule has 0 saturated heterocycles. The molecule has 4 heterocycles. The van der Waals surface area contributed by atoms with E-state index in [9.17, 15) is 0 Å². The lowest BCUT2D eigenvalue weighted by atomic mass is 9.95. The Morgan fingerprint density at radius 2 is 1.08 bits per heavy atom. The number of ether oxygens (including phenoxy) is 2. The summed E-state index contributed by atoms with van der Waals surface area (Å²) in [5.41, 5.74) is 10.3. The van der Waals surface area contributed by atoms with Crippen LogP contribution in [0, 0.1) is 0 Å². The van der Waals surface area contributed by atoms with Crippen molar-refractivity contribution in [3.8, 4) is 22.3 Å². The standard InChI is InChI=1S/2C16H17NO.2ClH/c2*1-2-5-16-14-8-3-7-13(15(14)11-18-16)12-6-4-9-17-10-12;;/h2*3-4,6-10,16H,2,5,11H2,1H3;2*1H/t2*16-;;/m10../s1. The van der Waals surface area contributed by atoms with Crippen molar-refractivity contribution in [1.82, 2.24) is 9.97 Å². The molecule has 0 amide bonds. The van der Waals surface area contributed by atoms with Crippen LogP contribution in [0.5, 0.6) is 0 Å². The highest BCUT2D eigenvalue weighted by molar-refractivity contribution is 5.85. The summed E-state index contributed by atoms with van der Waals surface area (Å²) >= 11 is 0. The Morgan fingerprint density at radius 3 is 1.45 bits per heavy atom. The van der Waals surface area contributed by atoms with Crippen LogP contribution < -0.4 is 0 Å². The maximum atomic E-state index is 5.91. The second-order valence-corrected chi connectivity index (χ2v) is 9.41. The van der Waals surface area contributed by atoms with E-state index in [1.807, 2.05) is 36.9 Å². The van der Waals surface area contributed by atoms with Crippen molar-refractivity contribution in [1.29, 1.82) is 0 Å². The van der Waals surface area contributed by atoms with Crippen LogP contribution in [0.3, 0.4) is 0 Å². The molecule has 4 nitrogen and oxygen atoms in total. The maximum absolute atomic E-state index is 5.91. The minimum atomic E-state index is 0. The lowest BCUT2D eigenvalue weighted by molar-refractivity contribution is 0.0596. The topological polar surface area (TPSA) is 44.2 Å². The monoisotopic (exact) mass is 550 g/mol. The highest BCUT2D eigenvalue weighted by Crippen LogP contribution is 2.40. The number of aromatic nitrogens is 2. The van der Waals surface area contributed by atoms with E-state index in [1.165, 1.54) is 44.5 Å². The van der Waals surface area contributed by atoms with Gasteiger partial charge in [0.2, 0.25) is 0 Å². The number of hydrogen-bond acceptors (Lipinski definition) is 4. The molecule has 4 aromatic rings. The quantitative estimate of drug-likeness (QED) is 0.240. The predicted octanol–water partition coefficient (Wildman–Crippen LogP) is 9.08. The average molecular weight is 552 g/mol. The van der Waals surface area contributed by atoms with Gasteiger partial charge in [-0.05, 0) is 58.4 Å². The van der Waals surface area contributed by atoms with E-state index in [0.29, 0.717) is 0 Å². The molecule has 2 aromatic carbocycles. The van der Waals surface area contributed by atoms with Crippen LogP contribution in [0.25, 0.3) is 22.3 Å².